The van der Waals surface area contributed by atoms with Crippen LogP contribution in [-0.2, 0) is 19.7 Å². The van der Waals surface area contributed by atoms with Gasteiger partial charge in [-0.05, 0) is 31.0 Å². The summed E-state index contributed by atoms with van der Waals surface area (Å²) < 4.78 is 45.8. The summed E-state index contributed by atoms with van der Waals surface area (Å²) in [5.41, 5.74) is 0.527. The van der Waals surface area contributed by atoms with Crippen molar-refractivity contribution >= 4 is 37.0 Å². The largest absolute Gasteiger partial charge is 0.381 e. The highest BCUT2D eigenvalue weighted by molar-refractivity contribution is 7.91. The van der Waals surface area contributed by atoms with Crippen LogP contribution in [-0.4, -0.2) is 40.6 Å². The van der Waals surface area contributed by atoms with Gasteiger partial charge in [-0.1, -0.05) is 11.6 Å². The molecule has 1 aliphatic heterocycles. The van der Waals surface area contributed by atoms with Crippen molar-refractivity contribution in [3.05, 3.63) is 23.2 Å². The van der Waals surface area contributed by atoms with E-state index in [0.717, 1.165) is 6.26 Å². The van der Waals surface area contributed by atoms with Crippen molar-refractivity contribution in [3.8, 4) is 0 Å². The lowest BCUT2D eigenvalue weighted by Crippen LogP contribution is -2.32. The molecule has 2 rings (SSSR count). The average molecular weight is 338 g/mol. The van der Waals surface area contributed by atoms with Gasteiger partial charge in [-0.3, -0.25) is 0 Å². The Labute approximate surface area is 124 Å². The molecule has 0 aliphatic carbocycles. The van der Waals surface area contributed by atoms with Crippen LogP contribution in [0, 0.1) is 0 Å². The molecule has 8 heteroatoms. The van der Waals surface area contributed by atoms with Crippen LogP contribution in [0.5, 0.6) is 0 Å². The van der Waals surface area contributed by atoms with Gasteiger partial charge in [0.1, 0.15) is 9.84 Å². The van der Waals surface area contributed by atoms with E-state index in [1.807, 2.05) is 0 Å². The summed E-state index contributed by atoms with van der Waals surface area (Å²) in [4.78, 5) is 0.188. The summed E-state index contributed by atoms with van der Waals surface area (Å²) in [5, 5.41) is 3.56. The molecule has 1 aromatic carbocycles. The normalized spacial score (nSPS) is 19.7. The molecule has 0 atom stereocenters. The molecule has 5 nitrogen and oxygen atoms in total. The minimum absolute atomic E-state index is 0.00849. The van der Waals surface area contributed by atoms with E-state index in [1.54, 1.807) is 0 Å². The molecule has 0 spiro atoms. The minimum atomic E-state index is -3.30. The predicted octanol–water partition coefficient (Wildman–Crippen LogP) is 1.73. The van der Waals surface area contributed by atoms with Crippen LogP contribution in [0.1, 0.15) is 12.8 Å². The quantitative estimate of drug-likeness (QED) is 0.908. The summed E-state index contributed by atoms with van der Waals surface area (Å²) in [5.74, 6) is 0.294. The van der Waals surface area contributed by atoms with Gasteiger partial charge in [-0.2, -0.15) is 0 Å². The molecule has 0 aromatic heterocycles. The molecule has 20 heavy (non-hydrogen) atoms. The van der Waals surface area contributed by atoms with Gasteiger partial charge < -0.3 is 5.32 Å². The Hall–Kier alpha value is -0.790. The Morgan fingerprint density at radius 2 is 1.85 bits per heavy atom. The third-order valence-electron chi connectivity index (χ3n) is 3.28. The van der Waals surface area contributed by atoms with Crippen molar-refractivity contribution in [1.29, 1.82) is 0 Å². The average Bonchev–Trinajstić information content (AvgIpc) is 2.33. The van der Waals surface area contributed by atoms with Crippen LogP contribution >= 0.6 is 11.6 Å². The molecule has 1 heterocycles. The van der Waals surface area contributed by atoms with E-state index in [1.165, 1.54) is 18.2 Å². The Morgan fingerprint density at radius 1 is 1.25 bits per heavy atom. The highest BCUT2D eigenvalue weighted by Crippen LogP contribution is 2.27. The number of hydrogen-bond donors (Lipinski definition) is 1. The van der Waals surface area contributed by atoms with Crippen LogP contribution in [0.4, 0.5) is 5.69 Å². The summed E-state index contributed by atoms with van der Waals surface area (Å²) >= 11 is 6.05. The SMILES string of the molecule is CS(=O)(=O)c1ccc(Cl)c(NC2CCS(=O)(=O)CC2)c1. The predicted molar refractivity (Wildman–Crippen MR) is 79.9 cm³/mol. The van der Waals surface area contributed by atoms with Crippen molar-refractivity contribution in [2.45, 2.75) is 23.8 Å². The third-order valence-corrected chi connectivity index (χ3v) is 6.44. The Morgan fingerprint density at radius 3 is 2.40 bits per heavy atom. The van der Waals surface area contributed by atoms with Gasteiger partial charge >= 0.3 is 0 Å². The van der Waals surface area contributed by atoms with Crippen molar-refractivity contribution in [3.63, 3.8) is 0 Å². The molecule has 1 saturated heterocycles. The van der Waals surface area contributed by atoms with Crippen molar-refractivity contribution in [1.82, 2.24) is 0 Å². The van der Waals surface area contributed by atoms with Gasteiger partial charge in [0.15, 0.2) is 9.84 Å². The number of hydrogen-bond acceptors (Lipinski definition) is 5. The second-order valence-electron chi connectivity index (χ2n) is 4.98. The number of anilines is 1. The summed E-state index contributed by atoms with van der Waals surface area (Å²) in [7, 11) is -6.21. The van der Waals surface area contributed by atoms with E-state index in [9.17, 15) is 16.8 Å². The molecule has 1 aromatic rings. The second-order valence-corrected chi connectivity index (χ2v) is 9.71. The number of rotatable bonds is 3. The van der Waals surface area contributed by atoms with Gasteiger partial charge in [0.25, 0.3) is 0 Å². The molecule has 0 saturated carbocycles. The fourth-order valence-electron chi connectivity index (χ4n) is 2.10. The van der Waals surface area contributed by atoms with Gasteiger partial charge in [0, 0.05) is 12.3 Å². The highest BCUT2D eigenvalue weighted by Gasteiger charge is 2.24. The Balaban J connectivity index is 2.18. The standard InChI is InChI=1S/C12H16ClNO4S2/c1-19(15,16)10-2-3-11(13)12(8-10)14-9-4-6-20(17,18)7-5-9/h2-3,8-9,14H,4-7H2,1H3. The maximum Gasteiger partial charge on any atom is 0.175 e. The molecular weight excluding hydrogens is 322 g/mol. The van der Waals surface area contributed by atoms with Crippen LogP contribution < -0.4 is 5.32 Å². The smallest absolute Gasteiger partial charge is 0.175 e. The van der Waals surface area contributed by atoms with Crippen LogP contribution in [0.25, 0.3) is 0 Å². The van der Waals surface area contributed by atoms with Gasteiger partial charge in [-0.25, -0.2) is 16.8 Å². The maximum atomic E-state index is 11.5. The Kier molecular flexibility index (Phi) is 4.32. The lowest BCUT2D eigenvalue weighted by Gasteiger charge is -2.24. The van der Waals surface area contributed by atoms with Crippen molar-refractivity contribution in [2.75, 3.05) is 23.1 Å². The lowest BCUT2D eigenvalue weighted by molar-refractivity contribution is 0.559. The van der Waals surface area contributed by atoms with E-state index in [2.05, 4.69) is 5.32 Å². The fourth-order valence-corrected chi connectivity index (χ4v) is 4.41. The maximum absolute atomic E-state index is 11.5. The minimum Gasteiger partial charge on any atom is -0.381 e. The Bertz CT molecular complexity index is 699. The number of halogens is 1. The zero-order valence-corrected chi connectivity index (χ0v) is 13.4. The molecule has 0 radical (unpaired) electrons. The van der Waals surface area contributed by atoms with Crippen molar-refractivity contribution < 1.29 is 16.8 Å². The van der Waals surface area contributed by atoms with Crippen LogP contribution in [0.15, 0.2) is 23.1 Å². The zero-order valence-electron chi connectivity index (χ0n) is 11.0. The van der Waals surface area contributed by atoms with Crippen molar-refractivity contribution in [2.24, 2.45) is 0 Å². The molecule has 1 aliphatic rings. The summed E-state index contributed by atoms with van der Waals surface area (Å²) in [6.07, 6.45) is 2.14. The molecular formula is C12H16ClNO4S2. The summed E-state index contributed by atoms with van der Waals surface area (Å²) in [6, 6.07) is 4.46. The monoisotopic (exact) mass is 337 g/mol. The highest BCUT2D eigenvalue weighted by atomic mass is 35.5. The van der Waals surface area contributed by atoms with E-state index in [4.69, 9.17) is 11.6 Å². The molecule has 1 N–H and O–H groups in total. The molecule has 0 unspecified atom stereocenters. The first-order chi connectivity index (χ1) is 9.17. The first kappa shape index (κ1) is 15.6. The molecule has 112 valence electrons. The number of benzene rings is 1. The van der Waals surface area contributed by atoms with E-state index < -0.39 is 19.7 Å². The number of nitrogens with one attached hydrogen (secondary N) is 1. The van der Waals surface area contributed by atoms with E-state index in [-0.39, 0.29) is 22.4 Å². The zero-order chi connectivity index (χ0) is 15.0. The van der Waals surface area contributed by atoms with Gasteiger partial charge in [-0.15, -0.1) is 0 Å². The number of sulfone groups is 2. The fraction of sp³-hybridized carbons (Fsp3) is 0.500. The van der Waals surface area contributed by atoms with E-state index in [0.29, 0.717) is 23.6 Å². The topological polar surface area (TPSA) is 80.3 Å². The first-order valence-electron chi connectivity index (χ1n) is 6.14. The van der Waals surface area contributed by atoms with Gasteiger partial charge in [0.2, 0.25) is 0 Å². The lowest BCUT2D eigenvalue weighted by atomic mass is 10.1. The van der Waals surface area contributed by atoms with E-state index >= 15 is 0 Å². The molecule has 1 fully saturated rings. The second kappa shape index (κ2) is 5.54. The van der Waals surface area contributed by atoms with Gasteiger partial charge in [0.05, 0.1) is 27.1 Å². The summed E-state index contributed by atoms with van der Waals surface area (Å²) in [6.45, 7) is 0. The van der Waals surface area contributed by atoms with Crippen LogP contribution in [0.2, 0.25) is 5.02 Å². The third kappa shape index (κ3) is 3.86. The first-order valence-corrected chi connectivity index (χ1v) is 10.2. The molecule has 0 bridgehead atoms. The van der Waals surface area contributed by atoms with Crippen LogP contribution in [0.3, 0.4) is 0 Å². The molecule has 0 amide bonds.